The summed E-state index contributed by atoms with van der Waals surface area (Å²) in [6.07, 6.45) is -2.16. The maximum absolute atomic E-state index is 14.6. The maximum Gasteiger partial charge on any atom is 0.389 e. The Labute approximate surface area is 188 Å². The smallest absolute Gasteiger partial charge is 0.284 e. The molecule has 1 unspecified atom stereocenters. The topological polar surface area (TPSA) is 81.1 Å². The van der Waals surface area contributed by atoms with Crippen molar-refractivity contribution in [1.82, 2.24) is 9.90 Å². The molecule has 0 saturated heterocycles. The molecule has 1 aliphatic rings. The van der Waals surface area contributed by atoms with E-state index in [2.05, 4.69) is 25.1 Å². The van der Waals surface area contributed by atoms with Gasteiger partial charge in [0.15, 0.2) is 10.8 Å². The van der Waals surface area contributed by atoms with E-state index in [0.717, 1.165) is 10.8 Å². The first-order valence-electron chi connectivity index (χ1n) is 9.98. The molecule has 170 valence electrons. The molecule has 0 bridgehead atoms. The minimum absolute atomic E-state index is 0.197. The molecule has 1 aromatic heterocycles. The molecule has 1 atom stereocenters. The number of halogens is 4. The fraction of sp³-hybridized carbons (Fsp3) is 0.227. The van der Waals surface area contributed by atoms with Crippen molar-refractivity contribution in [2.75, 3.05) is 12.3 Å². The van der Waals surface area contributed by atoms with Crippen LogP contribution in [0.15, 0.2) is 75.0 Å². The number of hydrogen-bond donors (Lipinski definition) is 1. The van der Waals surface area contributed by atoms with Gasteiger partial charge in [0.25, 0.3) is 0 Å². The van der Waals surface area contributed by atoms with Gasteiger partial charge in [-0.05, 0) is 35.2 Å². The zero-order valence-corrected chi connectivity index (χ0v) is 18.0. The van der Waals surface area contributed by atoms with Gasteiger partial charge in [-0.2, -0.15) is 24.1 Å². The molecule has 1 amide bonds. The number of alkyl halides is 3. The van der Waals surface area contributed by atoms with Crippen LogP contribution in [0, 0.1) is 5.82 Å². The number of carbonyl (C=O) groups is 1. The number of aromatic nitrogens is 1. The van der Waals surface area contributed by atoms with Crippen molar-refractivity contribution in [3.05, 3.63) is 66.2 Å². The summed E-state index contributed by atoms with van der Waals surface area (Å²) in [5.74, 6) is -1.15. The molecule has 11 heteroatoms. The first-order valence-corrected chi connectivity index (χ1v) is 11.5. The fourth-order valence-corrected chi connectivity index (χ4v) is 5.73. The summed E-state index contributed by atoms with van der Waals surface area (Å²) >= 11 is 0. The van der Waals surface area contributed by atoms with Crippen molar-refractivity contribution >= 4 is 38.3 Å². The quantitative estimate of drug-likeness (QED) is 0.214. The van der Waals surface area contributed by atoms with Gasteiger partial charge < -0.3 is 0 Å². The summed E-state index contributed by atoms with van der Waals surface area (Å²) in [5.41, 5.74) is 0.194. The lowest BCUT2D eigenvalue weighted by molar-refractivity contribution is -0.132. The van der Waals surface area contributed by atoms with Crippen molar-refractivity contribution in [3.8, 4) is 0 Å². The number of aliphatic imine (C=N–C) groups is 1. The second-order valence-electron chi connectivity index (χ2n) is 7.20. The Morgan fingerprint density at radius 2 is 2.03 bits per heavy atom. The van der Waals surface area contributed by atoms with Crippen molar-refractivity contribution < 1.29 is 22.4 Å². The predicted molar refractivity (Wildman–Crippen MR) is 119 cm³/mol. The molecule has 0 radical (unpaired) electrons. The molecule has 3 aromatic rings. The van der Waals surface area contributed by atoms with Crippen LogP contribution in [-0.4, -0.2) is 34.4 Å². The van der Waals surface area contributed by atoms with Crippen LogP contribution in [0.5, 0.6) is 0 Å². The minimum Gasteiger partial charge on any atom is -0.284 e. The molecule has 0 aliphatic carbocycles. The van der Waals surface area contributed by atoms with Gasteiger partial charge >= 0.3 is 12.1 Å². The largest absolute Gasteiger partial charge is 0.389 e. The third kappa shape index (κ3) is 5.50. The van der Waals surface area contributed by atoms with Gasteiger partial charge in [0, 0.05) is 48.3 Å². The molecular formula is C22H18F4N5OS+. The first-order chi connectivity index (χ1) is 15.8. The molecule has 1 aliphatic heterocycles. The van der Waals surface area contributed by atoms with E-state index in [1.165, 1.54) is 12.1 Å². The average molecular weight is 476 g/mol. The summed E-state index contributed by atoms with van der Waals surface area (Å²) in [6, 6.07) is 11.1. The van der Waals surface area contributed by atoms with E-state index >= 15 is 0 Å². The van der Waals surface area contributed by atoms with Crippen LogP contribution in [0.4, 0.5) is 23.2 Å². The highest BCUT2D eigenvalue weighted by Gasteiger charge is 2.30. The predicted octanol–water partition coefficient (Wildman–Crippen LogP) is 5.93. The van der Waals surface area contributed by atoms with Crippen LogP contribution in [0.2, 0.25) is 0 Å². The highest BCUT2D eigenvalue weighted by molar-refractivity contribution is 8.30. The zero-order valence-electron chi connectivity index (χ0n) is 17.1. The zero-order chi connectivity index (χ0) is 23.4. The van der Waals surface area contributed by atoms with Crippen LogP contribution < -0.4 is 4.91 Å². The van der Waals surface area contributed by atoms with Gasteiger partial charge in [0.2, 0.25) is 10.0 Å². The van der Waals surface area contributed by atoms with E-state index in [9.17, 15) is 22.4 Å². The Morgan fingerprint density at radius 1 is 1.18 bits per heavy atom. The lowest BCUT2D eigenvalue weighted by Crippen LogP contribution is -2.10. The monoisotopic (exact) mass is 476 g/mol. The summed E-state index contributed by atoms with van der Waals surface area (Å²) < 4.78 is 52.3. The van der Waals surface area contributed by atoms with Gasteiger partial charge in [-0.25, -0.2) is 4.39 Å². The minimum atomic E-state index is -4.27. The molecule has 2 aromatic carbocycles. The third-order valence-electron chi connectivity index (χ3n) is 5.00. The van der Waals surface area contributed by atoms with Crippen LogP contribution in [0.3, 0.4) is 0 Å². The fourth-order valence-electron chi connectivity index (χ4n) is 3.44. The van der Waals surface area contributed by atoms with Crippen LogP contribution in [0.25, 0.3) is 10.8 Å². The molecule has 0 N–H and O–H groups in total. The van der Waals surface area contributed by atoms with E-state index in [-0.39, 0.29) is 12.0 Å². The van der Waals surface area contributed by atoms with Crippen molar-refractivity contribution in [3.63, 3.8) is 0 Å². The van der Waals surface area contributed by atoms with Gasteiger partial charge in [0.1, 0.15) is 5.82 Å². The number of carbonyl (C=O) groups excluding carboxylic acids is 1. The Morgan fingerprint density at radius 3 is 2.82 bits per heavy atom. The van der Waals surface area contributed by atoms with Crippen LogP contribution in [-0.2, 0) is 0 Å². The molecule has 33 heavy (non-hydrogen) atoms. The lowest BCUT2D eigenvalue weighted by Gasteiger charge is -2.19. The average Bonchev–Trinajstić information content (AvgIpc) is 3.26. The van der Waals surface area contributed by atoms with Crippen molar-refractivity contribution in [2.24, 2.45) is 15.2 Å². The Bertz CT molecular complexity index is 1300. The molecule has 4 rings (SSSR count). The van der Waals surface area contributed by atoms with Crippen LogP contribution in [0.1, 0.15) is 23.2 Å². The van der Waals surface area contributed by atoms with Crippen LogP contribution >= 0.6 is 10.9 Å². The van der Waals surface area contributed by atoms with Gasteiger partial charge in [-0.15, -0.1) is 0 Å². The Kier molecular flexibility index (Phi) is 6.62. The van der Waals surface area contributed by atoms with E-state index in [0.29, 0.717) is 27.9 Å². The van der Waals surface area contributed by atoms with E-state index in [1.54, 1.807) is 36.7 Å². The number of fused-ring (bicyclic) bond motifs is 1. The number of rotatable bonds is 5. The molecule has 6 nitrogen and oxygen atoms in total. The number of benzene rings is 2. The number of amides is 1. The third-order valence-corrected chi connectivity index (χ3v) is 7.54. The first kappa shape index (κ1) is 22.8. The molecular weight excluding hydrogens is 458 g/mol. The van der Waals surface area contributed by atoms with E-state index in [1.807, 2.05) is 6.07 Å². The summed E-state index contributed by atoms with van der Waals surface area (Å²) in [7, 11) is -1.14. The second-order valence-corrected chi connectivity index (χ2v) is 9.53. The molecule has 0 spiro atoms. The Balaban J connectivity index is 1.50. The summed E-state index contributed by atoms with van der Waals surface area (Å²) in [5, 5.41) is 9.50. The summed E-state index contributed by atoms with van der Waals surface area (Å²) in [6.45, 7) is 0.418. The molecule has 0 saturated carbocycles. The number of thiol groups is 1. The SMILES string of the molecule is O=C(N=[N+]=Nc1cccc2cnccc12)c1ccc([SH]2CCN=C2CCC(F)(F)F)cc1F. The van der Waals surface area contributed by atoms with Crippen molar-refractivity contribution in [1.29, 1.82) is 0 Å². The van der Waals surface area contributed by atoms with Gasteiger partial charge in [-0.1, -0.05) is 12.1 Å². The van der Waals surface area contributed by atoms with E-state index in [4.69, 9.17) is 0 Å². The second kappa shape index (κ2) is 9.60. The van der Waals surface area contributed by atoms with E-state index < -0.39 is 35.2 Å². The van der Waals surface area contributed by atoms with Gasteiger partial charge in [-0.3, -0.25) is 14.8 Å². The highest BCUT2D eigenvalue weighted by atomic mass is 32.2. The number of nitrogens with zero attached hydrogens (tertiary/aromatic N) is 5. The molecule has 0 fully saturated rings. The molecule has 2 heterocycles. The maximum atomic E-state index is 14.6. The summed E-state index contributed by atoms with van der Waals surface area (Å²) in [4.78, 5) is 24.6. The standard InChI is InChI=1S/C22H18F4N5OS/c23-18-12-15(33-11-10-28-20(33)6-8-22(24,25)26)4-5-17(18)21(32)30-31-29-19-3-1-2-14-13-27-9-7-16(14)19/h1-5,7,9,12-13,33H,6,8,10-11H2/q+1. The normalized spacial score (nSPS) is 16.8. The highest BCUT2D eigenvalue weighted by Crippen LogP contribution is 2.43. The van der Waals surface area contributed by atoms with Gasteiger partial charge in [0.05, 0.1) is 10.6 Å². The Hall–Kier alpha value is -3.43. The number of pyridine rings is 1. The number of hydrogen-bond acceptors (Lipinski definition) is 4. The lowest BCUT2D eigenvalue weighted by atomic mass is 10.1. The van der Waals surface area contributed by atoms with Crippen molar-refractivity contribution in [2.45, 2.75) is 23.9 Å².